The van der Waals surface area contributed by atoms with Crippen molar-refractivity contribution >= 4 is 33.2 Å². The van der Waals surface area contributed by atoms with Crippen LogP contribution in [0.5, 0.6) is 0 Å². The van der Waals surface area contributed by atoms with Crippen LogP contribution >= 0.6 is 27.5 Å². The summed E-state index contributed by atoms with van der Waals surface area (Å²) in [4.78, 5) is 0. The lowest BCUT2D eigenvalue weighted by Crippen LogP contribution is -2.10. The number of benzene rings is 2. The number of anilines is 1. The van der Waals surface area contributed by atoms with Crippen molar-refractivity contribution in [3.05, 3.63) is 63.1 Å². The highest BCUT2D eigenvalue weighted by atomic mass is 79.9. The van der Waals surface area contributed by atoms with E-state index >= 15 is 0 Å². The number of nitrogens with one attached hydrogen (secondary N) is 1. The third-order valence-corrected chi connectivity index (χ3v) is 3.39. The molecule has 1 N–H and O–H groups in total. The van der Waals surface area contributed by atoms with Crippen molar-refractivity contribution in [1.82, 2.24) is 0 Å². The van der Waals surface area contributed by atoms with E-state index in [2.05, 4.69) is 21.2 Å². The van der Waals surface area contributed by atoms with Crippen LogP contribution in [0, 0.1) is 0 Å². The fraction of sp³-hybridized carbons (Fsp3) is 0.143. The van der Waals surface area contributed by atoms with Gasteiger partial charge < -0.3 is 5.32 Å². The molecule has 0 saturated carbocycles. The SMILES string of the molecule is FC(F)(F)c1cc(Cl)ccc1NCc1cccc(Br)c1. The molecule has 0 unspecified atom stereocenters. The van der Waals surface area contributed by atoms with Gasteiger partial charge in [0.15, 0.2) is 0 Å². The molecule has 0 bridgehead atoms. The van der Waals surface area contributed by atoms with Gasteiger partial charge in [0.25, 0.3) is 0 Å². The zero-order valence-electron chi connectivity index (χ0n) is 10.1. The van der Waals surface area contributed by atoms with Crippen molar-refractivity contribution < 1.29 is 13.2 Å². The molecule has 1 nitrogen and oxygen atoms in total. The molecule has 0 fully saturated rings. The van der Waals surface area contributed by atoms with Crippen LogP contribution in [0.3, 0.4) is 0 Å². The molecule has 0 radical (unpaired) electrons. The number of hydrogen-bond donors (Lipinski definition) is 1. The Morgan fingerprint density at radius 2 is 1.85 bits per heavy atom. The molecular formula is C14H10BrClF3N. The van der Waals surface area contributed by atoms with Gasteiger partial charge in [-0.25, -0.2) is 0 Å². The maximum Gasteiger partial charge on any atom is 0.418 e. The Kier molecular flexibility index (Phi) is 4.60. The molecule has 20 heavy (non-hydrogen) atoms. The highest BCUT2D eigenvalue weighted by Crippen LogP contribution is 2.36. The minimum atomic E-state index is -4.44. The van der Waals surface area contributed by atoms with E-state index < -0.39 is 11.7 Å². The van der Waals surface area contributed by atoms with Crippen molar-refractivity contribution in [1.29, 1.82) is 0 Å². The summed E-state index contributed by atoms with van der Waals surface area (Å²) in [7, 11) is 0. The number of halogens is 5. The Balaban J connectivity index is 2.21. The molecule has 2 rings (SSSR count). The van der Waals surface area contributed by atoms with Gasteiger partial charge in [-0.3, -0.25) is 0 Å². The molecule has 2 aromatic rings. The second-order valence-corrected chi connectivity index (χ2v) is 5.52. The van der Waals surface area contributed by atoms with Crippen LogP contribution in [0.1, 0.15) is 11.1 Å². The summed E-state index contributed by atoms with van der Waals surface area (Å²) >= 11 is 8.95. The summed E-state index contributed by atoms with van der Waals surface area (Å²) < 4.78 is 39.6. The van der Waals surface area contributed by atoms with Gasteiger partial charge in [0.1, 0.15) is 0 Å². The maximum atomic E-state index is 12.9. The Labute approximate surface area is 127 Å². The van der Waals surface area contributed by atoms with Gasteiger partial charge in [0.2, 0.25) is 0 Å². The van der Waals surface area contributed by atoms with Crippen molar-refractivity contribution in [3.63, 3.8) is 0 Å². The average Bonchev–Trinajstić information content (AvgIpc) is 2.36. The van der Waals surface area contributed by atoms with Crippen molar-refractivity contribution in [2.75, 3.05) is 5.32 Å². The van der Waals surface area contributed by atoms with Gasteiger partial charge in [-0.2, -0.15) is 13.2 Å². The predicted octanol–water partition coefficient (Wildman–Crippen LogP) is 5.73. The zero-order chi connectivity index (χ0) is 14.8. The second-order valence-electron chi connectivity index (χ2n) is 4.17. The highest BCUT2D eigenvalue weighted by molar-refractivity contribution is 9.10. The molecule has 0 aromatic heterocycles. The zero-order valence-corrected chi connectivity index (χ0v) is 12.5. The van der Waals surface area contributed by atoms with Gasteiger partial charge in [-0.1, -0.05) is 39.7 Å². The summed E-state index contributed by atoms with van der Waals surface area (Å²) in [6.45, 7) is 0.296. The minimum absolute atomic E-state index is 0.0156. The average molecular weight is 365 g/mol. The second kappa shape index (κ2) is 6.06. The van der Waals surface area contributed by atoms with Crippen molar-refractivity contribution in [3.8, 4) is 0 Å². The van der Waals surface area contributed by atoms with Gasteiger partial charge in [-0.15, -0.1) is 0 Å². The summed E-state index contributed by atoms with van der Waals surface area (Å²) in [5.41, 5.74) is 0.129. The summed E-state index contributed by atoms with van der Waals surface area (Å²) in [5, 5.41) is 2.85. The molecule has 0 spiro atoms. The first-order valence-corrected chi connectivity index (χ1v) is 6.88. The normalized spacial score (nSPS) is 11.4. The first-order valence-electron chi connectivity index (χ1n) is 5.71. The van der Waals surface area contributed by atoms with Crippen LogP contribution in [0.4, 0.5) is 18.9 Å². The Morgan fingerprint density at radius 1 is 1.10 bits per heavy atom. The third kappa shape index (κ3) is 3.90. The molecule has 0 atom stereocenters. The van der Waals surface area contributed by atoms with Crippen LogP contribution in [-0.4, -0.2) is 0 Å². The maximum absolute atomic E-state index is 12.9. The van der Waals surface area contributed by atoms with Gasteiger partial charge >= 0.3 is 6.18 Å². The summed E-state index contributed by atoms with van der Waals surface area (Å²) in [6, 6.07) is 11.0. The van der Waals surface area contributed by atoms with Crippen molar-refractivity contribution in [2.45, 2.75) is 12.7 Å². The Hall–Kier alpha value is -1.20. The van der Waals surface area contributed by atoms with E-state index in [1.54, 1.807) is 0 Å². The monoisotopic (exact) mass is 363 g/mol. The molecule has 0 heterocycles. The Bertz CT molecular complexity index is 614. The third-order valence-electron chi connectivity index (χ3n) is 2.66. The smallest absolute Gasteiger partial charge is 0.380 e. The van der Waals surface area contributed by atoms with E-state index in [-0.39, 0.29) is 10.7 Å². The van der Waals surface area contributed by atoms with E-state index in [0.717, 1.165) is 16.1 Å². The molecular weight excluding hydrogens is 355 g/mol. The molecule has 6 heteroatoms. The first kappa shape index (κ1) is 15.2. The Morgan fingerprint density at radius 3 is 2.50 bits per heavy atom. The van der Waals surface area contributed by atoms with E-state index in [1.165, 1.54) is 12.1 Å². The van der Waals surface area contributed by atoms with Crippen LogP contribution in [0.15, 0.2) is 46.9 Å². The largest absolute Gasteiger partial charge is 0.418 e. The van der Waals surface area contributed by atoms with E-state index in [9.17, 15) is 13.2 Å². The summed E-state index contributed by atoms with van der Waals surface area (Å²) in [5.74, 6) is 0. The molecule has 0 aliphatic rings. The predicted molar refractivity (Wildman–Crippen MR) is 77.9 cm³/mol. The first-order chi connectivity index (χ1) is 9.36. The van der Waals surface area contributed by atoms with Crippen LogP contribution in [-0.2, 0) is 12.7 Å². The lowest BCUT2D eigenvalue weighted by molar-refractivity contribution is -0.136. The van der Waals surface area contributed by atoms with Gasteiger partial charge in [-0.05, 0) is 35.9 Å². The lowest BCUT2D eigenvalue weighted by Gasteiger charge is -2.15. The van der Waals surface area contributed by atoms with Gasteiger partial charge in [0.05, 0.1) is 5.56 Å². The number of rotatable bonds is 3. The number of alkyl halides is 3. The van der Waals surface area contributed by atoms with Crippen LogP contribution in [0.25, 0.3) is 0 Å². The molecule has 0 saturated heterocycles. The minimum Gasteiger partial charge on any atom is -0.380 e. The molecule has 106 valence electrons. The lowest BCUT2D eigenvalue weighted by atomic mass is 10.1. The fourth-order valence-electron chi connectivity index (χ4n) is 1.75. The van der Waals surface area contributed by atoms with E-state index in [4.69, 9.17) is 11.6 Å². The highest BCUT2D eigenvalue weighted by Gasteiger charge is 2.33. The molecule has 0 aliphatic heterocycles. The molecule has 2 aromatic carbocycles. The van der Waals surface area contributed by atoms with Crippen LogP contribution < -0.4 is 5.32 Å². The topological polar surface area (TPSA) is 12.0 Å². The van der Waals surface area contributed by atoms with Crippen molar-refractivity contribution in [2.24, 2.45) is 0 Å². The quantitative estimate of drug-likeness (QED) is 0.733. The fourth-order valence-corrected chi connectivity index (χ4v) is 2.37. The number of hydrogen-bond acceptors (Lipinski definition) is 1. The summed E-state index contributed by atoms with van der Waals surface area (Å²) in [6.07, 6.45) is -4.44. The molecule has 0 aliphatic carbocycles. The van der Waals surface area contributed by atoms with Gasteiger partial charge in [0, 0.05) is 21.7 Å². The standard InChI is InChI=1S/C14H10BrClF3N/c15-10-3-1-2-9(6-10)8-20-13-5-4-11(16)7-12(13)14(17,18)19/h1-7,20H,8H2. The molecule has 0 amide bonds. The van der Waals surface area contributed by atoms with E-state index in [1.807, 2.05) is 24.3 Å². The van der Waals surface area contributed by atoms with Crippen LogP contribution in [0.2, 0.25) is 5.02 Å². The van der Waals surface area contributed by atoms with E-state index in [0.29, 0.717) is 6.54 Å².